The second-order valence-electron chi connectivity index (χ2n) is 10.3. The minimum atomic E-state index is -8.55. The van der Waals surface area contributed by atoms with Crippen LogP contribution in [-0.2, 0) is 9.59 Å². The lowest BCUT2D eigenvalue weighted by Crippen LogP contribution is -2.74. The summed E-state index contributed by atoms with van der Waals surface area (Å²) < 4.78 is 205. The third-order valence-corrected chi connectivity index (χ3v) is 7.68. The molecule has 3 aliphatic heterocycles. The molecule has 5 rings (SSSR count). The molecule has 2 aromatic rings. The molecule has 0 aromatic heterocycles. The van der Waals surface area contributed by atoms with Crippen LogP contribution in [0.4, 0.5) is 76.3 Å². The van der Waals surface area contributed by atoms with Gasteiger partial charge in [0.05, 0.1) is 17.4 Å². The van der Waals surface area contributed by atoms with Crippen molar-refractivity contribution in [2.45, 2.75) is 54.2 Å². The molecule has 46 heavy (non-hydrogen) atoms. The van der Waals surface area contributed by atoms with Crippen molar-refractivity contribution in [3.8, 4) is 0 Å². The summed E-state index contributed by atoms with van der Waals surface area (Å²) >= 11 is 0. The number of hydrogen-bond acceptors (Lipinski definition) is 3. The fourth-order valence-electron chi connectivity index (χ4n) is 5.31. The second-order valence-corrected chi connectivity index (χ2v) is 10.3. The van der Waals surface area contributed by atoms with Crippen molar-refractivity contribution in [1.82, 2.24) is 9.80 Å². The quantitative estimate of drug-likeness (QED) is 0.238. The second kappa shape index (κ2) is 9.43. The summed E-state index contributed by atoms with van der Waals surface area (Å²) in [5.41, 5.74) is -1.95. The smallest absolute Gasteiger partial charge is 0.306 e. The SMILES string of the molecule is O=C1C2=C3CC(CN3C(=O)C(F)(F)C(F)(F)C(F)(F)C(F)(F)C(F)(F)C(F)(F)C(F)(F)F)N2C(=O)N1c1cccc2ccccc12. The maximum atomic E-state index is 14.7. The average molecular weight is 687 g/mol. The van der Waals surface area contributed by atoms with Crippen molar-refractivity contribution in [3.63, 3.8) is 0 Å². The van der Waals surface area contributed by atoms with Crippen LogP contribution < -0.4 is 4.90 Å². The Morgan fingerprint density at radius 2 is 1.20 bits per heavy atom. The van der Waals surface area contributed by atoms with Crippen molar-refractivity contribution >= 4 is 34.3 Å². The number of imide groups is 1. The van der Waals surface area contributed by atoms with Gasteiger partial charge < -0.3 is 4.90 Å². The first-order valence-corrected chi connectivity index (χ1v) is 12.3. The van der Waals surface area contributed by atoms with E-state index in [0.29, 0.717) is 20.6 Å². The predicted molar refractivity (Wildman–Crippen MR) is 122 cm³/mol. The minimum Gasteiger partial charge on any atom is -0.306 e. The van der Waals surface area contributed by atoms with Gasteiger partial charge in [-0.1, -0.05) is 36.4 Å². The molecule has 1 atom stereocenters. The van der Waals surface area contributed by atoms with E-state index in [1.165, 1.54) is 24.3 Å². The van der Waals surface area contributed by atoms with Crippen LogP contribution in [0.5, 0.6) is 0 Å². The zero-order valence-electron chi connectivity index (χ0n) is 21.8. The first-order valence-electron chi connectivity index (χ1n) is 12.3. The van der Waals surface area contributed by atoms with E-state index in [0.717, 1.165) is 0 Å². The zero-order valence-corrected chi connectivity index (χ0v) is 21.8. The maximum Gasteiger partial charge on any atom is 0.460 e. The molecule has 2 bridgehead atoms. The summed E-state index contributed by atoms with van der Waals surface area (Å²) in [5.74, 6) is -53.7. The van der Waals surface area contributed by atoms with Gasteiger partial charge in [-0.15, -0.1) is 0 Å². The number of amides is 4. The molecule has 0 radical (unpaired) electrons. The predicted octanol–water partition coefficient (Wildman–Crippen LogP) is 6.81. The van der Waals surface area contributed by atoms with Crippen molar-refractivity contribution in [1.29, 1.82) is 0 Å². The van der Waals surface area contributed by atoms with Crippen LogP contribution in [0.2, 0.25) is 0 Å². The molecule has 2 saturated heterocycles. The van der Waals surface area contributed by atoms with Gasteiger partial charge in [0.2, 0.25) is 0 Å². The number of likely N-dealkylation sites (tertiary alicyclic amines) is 1. The third-order valence-electron chi connectivity index (χ3n) is 7.68. The normalized spacial score (nSPS) is 20.1. The molecule has 250 valence electrons. The van der Waals surface area contributed by atoms with Crippen LogP contribution in [0.25, 0.3) is 10.8 Å². The molecule has 2 fully saturated rings. The first kappa shape index (κ1) is 33.2. The highest BCUT2D eigenvalue weighted by Crippen LogP contribution is 2.63. The molecular weight excluding hydrogens is 675 g/mol. The molecule has 0 N–H and O–H groups in total. The molecule has 4 amide bonds. The van der Waals surface area contributed by atoms with Crippen molar-refractivity contribution in [3.05, 3.63) is 53.9 Å². The van der Waals surface area contributed by atoms with Gasteiger partial charge >= 0.3 is 53.6 Å². The van der Waals surface area contributed by atoms with Crippen LogP contribution >= 0.6 is 0 Å². The summed E-state index contributed by atoms with van der Waals surface area (Å²) in [6.45, 7) is -1.25. The molecule has 21 heteroatoms. The first-order chi connectivity index (χ1) is 20.8. The molecule has 3 heterocycles. The number of fused-ring (bicyclic) bond motifs is 5. The number of rotatable bonds is 7. The third kappa shape index (κ3) is 3.85. The summed E-state index contributed by atoms with van der Waals surface area (Å²) in [7, 11) is 0. The summed E-state index contributed by atoms with van der Waals surface area (Å²) in [4.78, 5) is 39.7. The van der Waals surface area contributed by atoms with E-state index < -0.39 is 94.9 Å². The Balaban J connectivity index is 1.51. The van der Waals surface area contributed by atoms with Gasteiger partial charge in [0, 0.05) is 18.4 Å². The molecular formula is C25H12F15N3O3. The number of benzene rings is 2. The van der Waals surface area contributed by atoms with E-state index in [1.807, 2.05) is 0 Å². The zero-order chi connectivity index (χ0) is 34.8. The van der Waals surface area contributed by atoms with Crippen LogP contribution in [-0.4, -0.2) is 81.9 Å². The molecule has 2 aromatic carbocycles. The standard InChI is InChI=1S/C25H12F15N3O3/c26-19(27,20(28,29)21(30,31)22(32,33)23(34,35)24(36,37)25(38,39)40)17(45)41-9-11-8-14(41)15-16(44)43(18(46)42(11)15)13-7-3-5-10-4-1-2-6-12(10)13/h1-7,11H,8-9H2. The number of alkyl halides is 15. The highest BCUT2D eigenvalue weighted by atomic mass is 19.4. The topological polar surface area (TPSA) is 60.9 Å². The fraction of sp³-hybridized carbons (Fsp3) is 0.400. The Morgan fingerprint density at radius 1 is 0.674 bits per heavy atom. The number of carbonyl (C=O) groups is 3. The van der Waals surface area contributed by atoms with Gasteiger partial charge in [0.25, 0.3) is 5.91 Å². The Labute approximate surface area is 244 Å². The van der Waals surface area contributed by atoms with Gasteiger partial charge in [-0.25, -0.2) is 9.69 Å². The maximum absolute atomic E-state index is 14.7. The molecule has 1 unspecified atom stereocenters. The van der Waals surface area contributed by atoms with E-state index in [9.17, 15) is 80.2 Å². The van der Waals surface area contributed by atoms with Crippen molar-refractivity contribution < 1.29 is 80.2 Å². The molecule has 0 saturated carbocycles. The average Bonchev–Trinajstić information content (AvgIpc) is 3.62. The number of halogens is 15. The highest BCUT2D eigenvalue weighted by Gasteiger charge is 2.94. The molecule has 0 aliphatic carbocycles. The Kier molecular flexibility index (Phi) is 6.80. The Bertz CT molecular complexity index is 1700. The van der Waals surface area contributed by atoms with E-state index in [1.54, 1.807) is 18.2 Å². The lowest BCUT2D eigenvalue weighted by atomic mass is 9.90. The van der Waals surface area contributed by atoms with Crippen molar-refractivity contribution in [2.24, 2.45) is 0 Å². The van der Waals surface area contributed by atoms with E-state index >= 15 is 0 Å². The van der Waals surface area contributed by atoms with E-state index in [2.05, 4.69) is 0 Å². The minimum absolute atomic E-state index is 0.0804. The number of urea groups is 1. The van der Waals surface area contributed by atoms with Gasteiger partial charge in [-0.2, -0.15) is 65.9 Å². The van der Waals surface area contributed by atoms with Gasteiger partial charge in [0.15, 0.2) is 0 Å². The summed E-state index contributed by atoms with van der Waals surface area (Å²) in [6.07, 6.45) is -8.49. The number of nitrogens with zero attached hydrogens (tertiary/aromatic N) is 3. The Morgan fingerprint density at radius 3 is 1.78 bits per heavy atom. The van der Waals surface area contributed by atoms with E-state index in [4.69, 9.17) is 0 Å². The molecule has 0 spiro atoms. The largest absolute Gasteiger partial charge is 0.460 e. The lowest BCUT2D eigenvalue weighted by molar-refractivity contribution is -0.449. The lowest BCUT2D eigenvalue weighted by Gasteiger charge is -2.41. The van der Waals surface area contributed by atoms with Crippen LogP contribution in [0, 0.1) is 0 Å². The van der Waals surface area contributed by atoms with Gasteiger partial charge in [-0.05, 0) is 11.5 Å². The van der Waals surface area contributed by atoms with Crippen molar-refractivity contribution in [2.75, 3.05) is 11.4 Å². The monoisotopic (exact) mass is 687 g/mol. The molecule has 6 nitrogen and oxygen atoms in total. The summed E-state index contributed by atoms with van der Waals surface area (Å²) in [6, 6.07) is 7.74. The number of hydrogen-bond donors (Lipinski definition) is 0. The van der Waals surface area contributed by atoms with Crippen LogP contribution in [0.1, 0.15) is 6.42 Å². The number of carbonyl (C=O) groups excluding carboxylic acids is 3. The van der Waals surface area contributed by atoms with Crippen LogP contribution in [0.15, 0.2) is 53.9 Å². The van der Waals surface area contributed by atoms with E-state index in [-0.39, 0.29) is 5.69 Å². The Hall–Kier alpha value is -4.20. The molecule has 3 aliphatic rings. The van der Waals surface area contributed by atoms with Crippen LogP contribution in [0.3, 0.4) is 0 Å². The fourth-order valence-corrected chi connectivity index (χ4v) is 5.31. The van der Waals surface area contributed by atoms with Gasteiger partial charge in [-0.3, -0.25) is 14.5 Å². The van der Waals surface area contributed by atoms with Gasteiger partial charge in [0.1, 0.15) is 5.70 Å². The highest BCUT2D eigenvalue weighted by molar-refractivity contribution is 6.30. The summed E-state index contributed by atoms with van der Waals surface area (Å²) in [5, 5.41) is 0.782. The number of anilines is 1.